The first-order chi connectivity index (χ1) is 8.55. The smallest absolute Gasteiger partial charge is 0.207 e. The molecule has 1 saturated heterocycles. The van der Waals surface area contributed by atoms with Gasteiger partial charge in [-0.15, -0.1) is 0 Å². The van der Waals surface area contributed by atoms with E-state index >= 15 is 0 Å². The van der Waals surface area contributed by atoms with Gasteiger partial charge in [-0.3, -0.25) is 0 Å². The van der Waals surface area contributed by atoms with Gasteiger partial charge >= 0.3 is 0 Å². The first-order valence-corrected chi connectivity index (χ1v) is 7.47. The lowest BCUT2D eigenvalue weighted by molar-refractivity contribution is 0.408. The molecule has 0 amide bonds. The average molecular weight is 264 g/mol. The molecule has 5 heteroatoms. The molecular weight excluding hydrogens is 248 g/mol. The molecule has 0 N–H and O–H groups in total. The van der Waals surface area contributed by atoms with Gasteiger partial charge in [0.25, 0.3) is 0 Å². The van der Waals surface area contributed by atoms with Gasteiger partial charge in [-0.2, -0.15) is 9.57 Å². The van der Waals surface area contributed by atoms with Crippen molar-refractivity contribution in [3.05, 3.63) is 29.8 Å². The molecule has 0 spiro atoms. The fourth-order valence-corrected chi connectivity index (χ4v) is 3.97. The molecule has 18 heavy (non-hydrogen) atoms. The Balaban J connectivity index is 2.27. The fraction of sp³-hybridized carbons (Fsp3) is 0.462. The molecule has 0 aromatic heterocycles. The number of hydrogen-bond acceptors (Lipinski definition) is 3. The van der Waals surface area contributed by atoms with Gasteiger partial charge in [-0.25, -0.2) is 8.42 Å². The van der Waals surface area contributed by atoms with Gasteiger partial charge in [0, 0.05) is 12.6 Å². The summed E-state index contributed by atoms with van der Waals surface area (Å²) in [6.07, 6.45) is 2.15. The van der Waals surface area contributed by atoms with Crippen LogP contribution in [0.4, 0.5) is 0 Å². The van der Waals surface area contributed by atoms with Gasteiger partial charge in [0.2, 0.25) is 10.0 Å². The van der Waals surface area contributed by atoms with Crippen molar-refractivity contribution in [1.29, 1.82) is 5.26 Å². The first-order valence-electron chi connectivity index (χ1n) is 6.03. The van der Waals surface area contributed by atoms with Crippen LogP contribution < -0.4 is 0 Å². The van der Waals surface area contributed by atoms with Gasteiger partial charge in [0.05, 0.1) is 17.4 Å². The Morgan fingerprint density at radius 1 is 1.39 bits per heavy atom. The zero-order chi connectivity index (χ0) is 13.2. The third kappa shape index (κ3) is 2.40. The van der Waals surface area contributed by atoms with E-state index in [0.717, 1.165) is 18.4 Å². The predicted octanol–water partition coefficient (Wildman–Crippen LogP) is 1.93. The van der Waals surface area contributed by atoms with Crippen molar-refractivity contribution < 1.29 is 8.42 Å². The Bertz CT molecular complexity index is 558. The minimum absolute atomic E-state index is 0.0776. The van der Waals surface area contributed by atoms with E-state index in [1.807, 2.05) is 13.0 Å². The minimum atomic E-state index is -3.37. The zero-order valence-electron chi connectivity index (χ0n) is 10.3. The van der Waals surface area contributed by atoms with Crippen LogP contribution in [0.25, 0.3) is 0 Å². The van der Waals surface area contributed by atoms with Gasteiger partial charge in [0.15, 0.2) is 0 Å². The molecule has 1 aliphatic rings. The van der Waals surface area contributed by atoms with Crippen molar-refractivity contribution in [3.63, 3.8) is 0 Å². The summed E-state index contributed by atoms with van der Waals surface area (Å²) in [7, 11) is -3.37. The molecule has 1 aromatic carbocycles. The molecule has 4 nitrogen and oxygen atoms in total. The number of nitriles is 1. The molecule has 1 atom stereocenters. The summed E-state index contributed by atoms with van der Waals surface area (Å²) in [6.45, 7) is 2.54. The van der Waals surface area contributed by atoms with Crippen LogP contribution >= 0.6 is 0 Å². The third-order valence-corrected chi connectivity index (χ3v) is 5.33. The molecule has 1 aromatic rings. The van der Waals surface area contributed by atoms with Crippen LogP contribution in [0.15, 0.2) is 29.2 Å². The summed E-state index contributed by atoms with van der Waals surface area (Å²) in [4.78, 5) is 0.318. The van der Waals surface area contributed by atoms with Gasteiger partial charge < -0.3 is 0 Å². The predicted molar refractivity (Wildman–Crippen MR) is 68.3 cm³/mol. The maximum atomic E-state index is 12.4. The molecule has 2 rings (SSSR count). The van der Waals surface area contributed by atoms with Crippen molar-refractivity contribution in [2.75, 3.05) is 6.54 Å². The van der Waals surface area contributed by atoms with Crippen LogP contribution in [0.5, 0.6) is 0 Å². The summed E-state index contributed by atoms with van der Waals surface area (Å²) in [5.74, 6) is 0. The van der Waals surface area contributed by atoms with Crippen LogP contribution in [0, 0.1) is 11.3 Å². The Morgan fingerprint density at radius 3 is 2.56 bits per heavy atom. The number of nitrogens with zero attached hydrogens (tertiary/aromatic N) is 2. The normalized spacial score (nSPS) is 20.8. The molecular formula is C13H16N2O2S. The van der Waals surface area contributed by atoms with E-state index in [9.17, 15) is 8.42 Å². The molecule has 96 valence electrons. The Morgan fingerprint density at radius 2 is 2.06 bits per heavy atom. The molecule has 0 saturated carbocycles. The molecule has 1 fully saturated rings. The standard InChI is InChI=1S/C13H16N2O2S/c1-11-3-2-10-15(11)18(16,17)13-6-4-12(5-7-13)8-9-14/h4-7,11H,2-3,8,10H2,1H3. The lowest BCUT2D eigenvalue weighted by Gasteiger charge is -2.20. The van der Waals surface area contributed by atoms with Crippen molar-refractivity contribution in [1.82, 2.24) is 4.31 Å². The summed E-state index contributed by atoms with van der Waals surface area (Å²) in [5.41, 5.74) is 0.839. The van der Waals surface area contributed by atoms with Crippen LogP contribution in [-0.4, -0.2) is 25.3 Å². The summed E-state index contributed by atoms with van der Waals surface area (Å²) in [5, 5.41) is 8.58. The molecule has 1 unspecified atom stereocenters. The first kappa shape index (κ1) is 13.1. The Kier molecular flexibility index (Phi) is 3.69. The third-order valence-electron chi connectivity index (χ3n) is 3.31. The molecule has 1 aliphatic heterocycles. The van der Waals surface area contributed by atoms with Crippen molar-refractivity contribution >= 4 is 10.0 Å². The average Bonchev–Trinajstić information content (AvgIpc) is 2.77. The van der Waals surface area contributed by atoms with E-state index in [2.05, 4.69) is 0 Å². The second kappa shape index (κ2) is 5.09. The van der Waals surface area contributed by atoms with Gasteiger partial charge in [-0.1, -0.05) is 12.1 Å². The summed E-state index contributed by atoms with van der Waals surface area (Å²) >= 11 is 0. The van der Waals surface area contributed by atoms with Crippen molar-refractivity contribution in [3.8, 4) is 6.07 Å². The summed E-state index contributed by atoms with van der Waals surface area (Å²) in [6, 6.07) is 8.71. The van der Waals surface area contributed by atoms with Crippen LogP contribution in [-0.2, 0) is 16.4 Å². The maximum absolute atomic E-state index is 12.4. The SMILES string of the molecule is CC1CCCN1S(=O)(=O)c1ccc(CC#N)cc1. The van der Waals surface area contributed by atoms with E-state index < -0.39 is 10.0 Å². The number of benzene rings is 1. The zero-order valence-corrected chi connectivity index (χ0v) is 11.2. The molecule has 1 heterocycles. The highest BCUT2D eigenvalue weighted by atomic mass is 32.2. The highest BCUT2D eigenvalue weighted by Crippen LogP contribution is 2.25. The summed E-state index contributed by atoms with van der Waals surface area (Å²) < 4.78 is 26.3. The Labute approximate surface area is 108 Å². The van der Waals surface area contributed by atoms with Crippen LogP contribution in [0.1, 0.15) is 25.3 Å². The number of rotatable bonds is 3. The molecule has 0 bridgehead atoms. The maximum Gasteiger partial charge on any atom is 0.243 e. The van der Waals surface area contributed by atoms with Crippen molar-refractivity contribution in [2.45, 2.75) is 37.1 Å². The number of hydrogen-bond donors (Lipinski definition) is 0. The Hall–Kier alpha value is -1.38. The van der Waals surface area contributed by atoms with E-state index in [0.29, 0.717) is 17.9 Å². The molecule has 0 radical (unpaired) electrons. The quantitative estimate of drug-likeness (QED) is 0.838. The van der Waals surface area contributed by atoms with Crippen LogP contribution in [0.3, 0.4) is 0 Å². The lowest BCUT2D eigenvalue weighted by Crippen LogP contribution is -2.33. The second-order valence-electron chi connectivity index (χ2n) is 4.59. The highest BCUT2D eigenvalue weighted by molar-refractivity contribution is 7.89. The molecule has 0 aliphatic carbocycles. The van der Waals surface area contributed by atoms with E-state index in [-0.39, 0.29) is 6.04 Å². The fourth-order valence-electron chi connectivity index (χ4n) is 2.27. The van der Waals surface area contributed by atoms with E-state index in [4.69, 9.17) is 5.26 Å². The monoisotopic (exact) mass is 264 g/mol. The van der Waals surface area contributed by atoms with E-state index in [1.54, 1.807) is 28.6 Å². The topological polar surface area (TPSA) is 61.2 Å². The van der Waals surface area contributed by atoms with Gasteiger partial charge in [-0.05, 0) is 37.5 Å². The van der Waals surface area contributed by atoms with Gasteiger partial charge in [0.1, 0.15) is 0 Å². The second-order valence-corrected chi connectivity index (χ2v) is 6.48. The highest BCUT2D eigenvalue weighted by Gasteiger charge is 2.32. The number of sulfonamides is 1. The van der Waals surface area contributed by atoms with E-state index in [1.165, 1.54) is 0 Å². The lowest BCUT2D eigenvalue weighted by atomic mass is 10.2. The largest absolute Gasteiger partial charge is 0.243 e. The minimum Gasteiger partial charge on any atom is -0.207 e. The van der Waals surface area contributed by atoms with Crippen molar-refractivity contribution in [2.24, 2.45) is 0 Å². The van der Waals surface area contributed by atoms with Crippen LogP contribution in [0.2, 0.25) is 0 Å².